The number of fused-ring (bicyclic) bond motifs is 1. The predicted molar refractivity (Wildman–Crippen MR) is 103 cm³/mol. The van der Waals surface area contributed by atoms with E-state index in [-0.39, 0.29) is 18.6 Å². The van der Waals surface area contributed by atoms with Crippen molar-refractivity contribution in [3.63, 3.8) is 0 Å². The zero-order chi connectivity index (χ0) is 18.5. The van der Waals surface area contributed by atoms with Crippen LogP contribution in [0.25, 0.3) is 11.0 Å². The number of nitrogens with zero attached hydrogens (tertiary/aromatic N) is 4. The lowest BCUT2D eigenvalue weighted by molar-refractivity contribution is -0.140. The second-order valence-electron chi connectivity index (χ2n) is 6.93. The van der Waals surface area contributed by atoms with Crippen molar-refractivity contribution < 1.29 is 9.53 Å². The van der Waals surface area contributed by atoms with E-state index in [1.54, 1.807) is 0 Å². The summed E-state index contributed by atoms with van der Waals surface area (Å²) in [5, 5.41) is 8.75. The smallest absolute Gasteiger partial charge is 0.246 e. The average Bonchev–Trinajstić information content (AvgIpc) is 3.11. The van der Waals surface area contributed by atoms with E-state index in [2.05, 4.69) is 34.5 Å². The molecular weight excluding hydrogens is 340 g/mol. The Labute approximate surface area is 158 Å². The van der Waals surface area contributed by atoms with Gasteiger partial charge in [0.2, 0.25) is 5.91 Å². The lowest BCUT2D eigenvalue weighted by atomic mass is 10.1. The maximum absolute atomic E-state index is 12.7. The van der Waals surface area contributed by atoms with Crippen LogP contribution >= 0.6 is 0 Å². The molecule has 1 saturated heterocycles. The van der Waals surface area contributed by atoms with E-state index in [4.69, 9.17) is 4.74 Å². The van der Waals surface area contributed by atoms with Gasteiger partial charge in [-0.3, -0.25) is 4.79 Å². The molecule has 1 fully saturated rings. The number of aromatic nitrogens is 3. The monoisotopic (exact) mass is 364 g/mol. The quantitative estimate of drug-likeness (QED) is 0.675. The number of carbonyl (C=O) groups excluding carboxylic acids is 1. The zero-order valence-electron chi connectivity index (χ0n) is 15.3. The summed E-state index contributed by atoms with van der Waals surface area (Å²) in [7, 11) is 0. The van der Waals surface area contributed by atoms with Gasteiger partial charge in [-0.15, -0.1) is 0 Å². The standard InChI is InChI=1S/C21H24N4O2/c26-21(16-25-22-19-11-4-5-12-20(19)23-25)24-13-14-27-18(15-24)10-6-9-17-7-2-1-3-8-17/h1-5,7-8,11-12,18H,6,9-10,13-16H2. The van der Waals surface area contributed by atoms with Crippen LogP contribution in [0.1, 0.15) is 18.4 Å². The number of hydrogen-bond donors (Lipinski definition) is 0. The Morgan fingerprint density at radius 3 is 2.48 bits per heavy atom. The second kappa shape index (κ2) is 8.31. The molecule has 2 heterocycles. The Morgan fingerprint density at radius 2 is 1.74 bits per heavy atom. The van der Waals surface area contributed by atoms with Crippen molar-refractivity contribution in [2.45, 2.75) is 31.9 Å². The lowest BCUT2D eigenvalue weighted by Gasteiger charge is -2.33. The molecule has 2 aromatic carbocycles. The summed E-state index contributed by atoms with van der Waals surface area (Å²) < 4.78 is 5.86. The fourth-order valence-electron chi connectivity index (χ4n) is 3.50. The van der Waals surface area contributed by atoms with E-state index >= 15 is 0 Å². The number of ether oxygens (including phenoxy) is 1. The van der Waals surface area contributed by atoms with Crippen LogP contribution in [0.4, 0.5) is 0 Å². The van der Waals surface area contributed by atoms with Gasteiger partial charge in [-0.2, -0.15) is 15.0 Å². The summed E-state index contributed by atoms with van der Waals surface area (Å²) >= 11 is 0. The molecule has 0 aliphatic carbocycles. The molecule has 1 unspecified atom stereocenters. The number of aryl methyl sites for hydroxylation is 1. The Bertz CT molecular complexity index is 860. The molecule has 1 amide bonds. The number of benzene rings is 2. The molecule has 1 aromatic heterocycles. The van der Waals surface area contributed by atoms with Crippen molar-refractivity contribution in [1.29, 1.82) is 0 Å². The minimum Gasteiger partial charge on any atom is -0.375 e. The molecule has 4 rings (SSSR count). The molecule has 0 spiro atoms. The fraction of sp³-hybridized carbons (Fsp3) is 0.381. The Kier molecular flexibility index (Phi) is 5.44. The van der Waals surface area contributed by atoms with Crippen LogP contribution in [-0.4, -0.2) is 51.6 Å². The van der Waals surface area contributed by atoms with Crippen molar-refractivity contribution >= 4 is 16.9 Å². The van der Waals surface area contributed by atoms with E-state index in [0.717, 1.165) is 30.3 Å². The maximum atomic E-state index is 12.7. The van der Waals surface area contributed by atoms with Gasteiger partial charge in [-0.25, -0.2) is 0 Å². The number of hydrogen-bond acceptors (Lipinski definition) is 4. The zero-order valence-corrected chi connectivity index (χ0v) is 15.3. The molecule has 3 aromatic rings. The van der Waals surface area contributed by atoms with Crippen molar-refractivity contribution in [2.24, 2.45) is 0 Å². The molecule has 0 saturated carbocycles. The molecular formula is C21H24N4O2. The molecule has 6 nitrogen and oxygen atoms in total. The van der Waals surface area contributed by atoms with E-state index in [1.807, 2.05) is 35.2 Å². The summed E-state index contributed by atoms with van der Waals surface area (Å²) in [6.07, 6.45) is 3.17. The Balaban J connectivity index is 1.28. The highest BCUT2D eigenvalue weighted by Crippen LogP contribution is 2.14. The Hall–Kier alpha value is -2.73. The van der Waals surface area contributed by atoms with Crippen LogP contribution in [0.15, 0.2) is 54.6 Å². The van der Waals surface area contributed by atoms with Gasteiger partial charge in [-0.1, -0.05) is 42.5 Å². The molecule has 0 bridgehead atoms. The molecule has 1 aliphatic heterocycles. The first-order valence-electron chi connectivity index (χ1n) is 9.51. The van der Waals surface area contributed by atoms with Crippen LogP contribution in [0.5, 0.6) is 0 Å². The van der Waals surface area contributed by atoms with E-state index in [1.165, 1.54) is 10.4 Å². The van der Waals surface area contributed by atoms with E-state index in [0.29, 0.717) is 19.7 Å². The van der Waals surface area contributed by atoms with Crippen LogP contribution in [0.3, 0.4) is 0 Å². The second-order valence-corrected chi connectivity index (χ2v) is 6.93. The van der Waals surface area contributed by atoms with Crippen molar-refractivity contribution in [3.05, 3.63) is 60.2 Å². The van der Waals surface area contributed by atoms with Crippen LogP contribution < -0.4 is 0 Å². The average molecular weight is 364 g/mol. The van der Waals surface area contributed by atoms with Gasteiger partial charge in [0.25, 0.3) is 0 Å². The van der Waals surface area contributed by atoms with E-state index in [9.17, 15) is 4.79 Å². The third-order valence-corrected chi connectivity index (χ3v) is 4.93. The summed E-state index contributed by atoms with van der Waals surface area (Å²) in [5.74, 6) is 0.0478. The van der Waals surface area contributed by atoms with E-state index < -0.39 is 0 Å². The fourth-order valence-corrected chi connectivity index (χ4v) is 3.50. The van der Waals surface area contributed by atoms with Crippen molar-refractivity contribution in [3.8, 4) is 0 Å². The predicted octanol–water partition coefficient (Wildman–Crippen LogP) is 2.68. The SMILES string of the molecule is O=C(Cn1nc2ccccc2n1)N1CCOC(CCCc2ccccc2)C1. The third-order valence-electron chi connectivity index (χ3n) is 4.93. The number of amides is 1. The molecule has 27 heavy (non-hydrogen) atoms. The van der Waals surface area contributed by atoms with Crippen LogP contribution in [0.2, 0.25) is 0 Å². The number of rotatable bonds is 6. The first kappa shape index (κ1) is 17.7. The van der Waals surface area contributed by atoms with Crippen molar-refractivity contribution in [1.82, 2.24) is 19.9 Å². The molecule has 1 atom stereocenters. The molecule has 6 heteroatoms. The third kappa shape index (κ3) is 4.52. The number of carbonyl (C=O) groups is 1. The van der Waals surface area contributed by atoms with Gasteiger partial charge in [0, 0.05) is 13.1 Å². The summed E-state index contributed by atoms with van der Waals surface area (Å²) in [4.78, 5) is 16.0. The molecule has 140 valence electrons. The summed E-state index contributed by atoms with van der Waals surface area (Å²) in [5.41, 5.74) is 2.97. The molecule has 1 aliphatic rings. The highest BCUT2D eigenvalue weighted by atomic mass is 16.5. The lowest BCUT2D eigenvalue weighted by Crippen LogP contribution is -2.46. The van der Waals surface area contributed by atoms with Crippen LogP contribution in [-0.2, 0) is 22.5 Å². The van der Waals surface area contributed by atoms with Gasteiger partial charge in [0.1, 0.15) is 17.6 Å². The highest BCUT2D eigenvalue weighted by Gasteiger charge is 2.24. The minimum absolute atomic E-state index is 0.0478. The summed E-state index contributed by atoms with van der Waals surface area (Å²) in [6, 6.07) is 18.1. The number of morpholine rings is 1. The maximum Gasteiger partial charge on any atom is 0.246 e. The highest BCUT2D eigenvalue weighted by molar-refractivity contribution is 5.77. The van der Waals surface area contributed by atoms with Gasteiger partial charge >= 0.3 is 0 Å². The largest absolute Gasteiger partial charge is 0.375 e. The minimum atomic E-state index is 0.0478. The van der Waals surface area contributed by atoms with Crippen molar-refractivity contribution in [2.75, 3.05) is 19.7 Å². The normalized spacial score (nSPS) is 17.3. The topological polar surface area (TPSA) is 60.2 Å². The molecule has 0 radical (unpaired) electrons. The first-order chi connectivity index (χ1) is 13.3. The van der Waals surface area contributed by atoms with Gasteiger partial charge in [0.15, 0.2) is 0 Å². The van der Waals surface area contributed by atoms with Gasteiger partial charge < -0.3 is 9.64 Å². The van der Waals surface area contributed by atoms with Gasteiger partial charge in [0.05, 0.1) is 12.7 Å². The molecule has 0 N–H and O–H groups in total. The van der Waals surface area contributed by atoms with Gasteiger partial charge in [-0.05, 0) is 37.0 Å². The first-order valence-corrected chi connectivity index (χ1v) is 9.51. The van der Waals surface area contributed by atoms with Crippen LogP contribution in [0, 0.1) is 0 Å². The summed E-state index contributed by atoms with van der Waals surface area (Å²) in [6.45, 7) is 2.05. The Morgan fingerprint density at radius 1 is 1.04 bits per heavy atom.